The van der Waals surface area contributed by atoms with E-state index in [1.54, 1.807) is 7.11 Å². The molecule has 0 aliphatic carbocycles. The fraction of sp³-hybridized carbons (Fsp3) is 0.385. The Morgan fingerprint density at radius 3 is 2.42 bits per heavy atom. The van der Waals surface area contributed by atoms with Gasteiger partial charge in [-0.3, -0.25) is 0 Å². The van der Waals surface area contributed by atoms with Crippen molar-refractivity contribution in [3.8, 4) is 11.5 Å². The van der Waals surface area contributed by atoms with Gasteiger partial charge in [0.2, 0.25) is 0 Å². The van der Waals surface area contributed by atoms with Crippen LogP contribution >= 0.6 is 0 Å². The summed E-state index contributed by atoms with van der Waals surface area (Å²) in [4.78, 5) is 15.2. The van der Waals surface area contributed by atoms with Gasteiger partial charge in [-0.1, -0.05) is 5.16 Å². The van der Waals surface area contributed by atoms with E-state index < -0.39 is 5.97 Å². The topological polar surface area (TPSA) is 77.3 Å². The van der Waals surface area contributed by atoms with Crippen LogP contribution in [0.1, 0.15) is 13.3 Å². The number of oxime groups is 1. The third kappa shape index (κ3) is 5.76. The van der Waals surface area contributed by atoms with Gasteiger partial charge in [-0.15, -0.1) is 0 Å². The van der Waals surface area contributed by atoms with Gasteiger partial charge in [-0.25, -0.2) is 4.79 Å². The number of nitrogens with zero attached hydrogens (tertiary/aromatic N) is 1. The van der Waals surface area contributed by atoms with E-state index in [4.69, 9.17) is 19.4 Å². The smallest absolute Gasteiger partial charge is 0.353 e. The normalized spacial score (nSPS) is 10.9. The summed E-state index contributed by atoms with van der Waals surface area (Å²) in [6.45, 7) is 2.14. The molecule has 1 rings (SSSR count). The molecule has 0 atom stereocenters. The first-order chi connectivity index (χ1) is 9.13. The van der Waals surface area contributed by atoms with Crippen molar-refractivity contribution in [2.24, 2.45) is 5.16 Å². The van der Waals surface area contributed by atoms with E-state index in [0.717, 1.165) is 11.5 Å². The van der Waals surface area contributed by atoms with Crippen molar-refractivity contribution in [3.63, 3.8) is 0 Å². The molecule has 104 valence electrons. The second-order valence-corrected chi connectivity index (χ2v) is 3.69. The molecule has 0 aromatic heterocycles. The van der Waals surface area contributed by atoms with Crippen LogP contribution in [0.25, 0.3) is 0 Å². The summed E-state index contributed by atoms with van der Waals surface area (Å²) >= 11 is 0. The van der Waals surface area contributed by atoms with Crippen LogP contribution in [0, 0.1) is 0 Å². The molecule has 0 fully saturated rings. The fourth-order valence-electron chi connectivity index (χ4n) is 1.17. The van der Waals surface area contributed by atoms with Gasteiger partial charge >= 0.3 is 5.97 Å². The van der Waals surface area contributed by atoms with Crippen molar-refractivity contribution < 1.29 is 24.2 Å². The van der Waals surface area contributed by atoms with Crippen LogP contribution in [0.2, 0.25) is 0 Å². The van der Waals surface area contributed by atoms with Crippen molar-refractivity contribution in [2.75, 3.05) is 20.3 Å². The first-order valence-electron chi connectivity index (χ1n) is 5.80. The summed E-state index contributed by atoms with van der Waals surface area (Å²) in [6, 6.07) is 7.25. The molecule has 6 heteroatoms. The molecule has 0 aliphatic rings. The zero-order valence-corrected chi connectivity index (χ0v) is 11.0. The van der Waals surface area contributed by atoms with E-state index >= 15 is 0 Å². The predicted octanol–water partition coefficient (Wildman–Crippen LogP) is 1.94. The van der Waals surface area contributed by atoms with Crippen molar-refractivity contribution in [2.45, 2.75) is 13.3 Å². The molecule has 1 aromatic rings. The fourth-order valence-corrected chi connectivity index (χ4v) is 1.17. The monoisotopic (exact) mass is 267 g/mol. The highest BCUT2D eigenvalue weighted by atomic mass is 16.6. The van der Waals surface area contributed by atoms with Crippen molar-refractivity contribution in [1.29, 1.82) is 0 Å². The minimum Gasteiger partial charge on any atom is -0.497 e. The van der Waals surface area contributed by atoms with Crippen molar-refractivity contribution >= 4 is 11.7 Å². The number of benzene rings is 1. The molecule has 0 radical (unpaired) electrons. The molecular weight excluding hydrogens is 250 g/mol. The second-order valence-electron chi connectivity index (χ2n) is 3.69. The van der Waals surface area contributed by atoms with Crippen molar-refractivity contribution in [1.82, 2.24) is 0 Å². The molecule has 0 saturated heterocycles. The van der Waals surface area contributed by atoms with Crippen LogP contribution in [0.5, 0.6) is 11.5 Å². The molecule has 1 aromatic carbocycles. The van der Waals surface area contributed by atoms with Crippen LogP contribution in [0.15, 0.2) is 29.4 Å². The molecule has 19 heavy (non-hydrogen) atoms. The Kier molecular flexibility index (Phi) is 6.21. The zero-order valence-electron chi connectivity index (χ0n) is 11.0. The third-order valence-corrected chi connectivity index (χ3v) is 2.22. The number of carbonyl (C=O) groups is 1. The molecule has 0 spiro atoms. The number of methoxy groups -OCH3 is 1. The van der Waals surface area contributed by atoms with Crippen LogP contribution in [-0.4, -0.2) is 37.1 Å². The number of carboxylic acids is 1. The lowest BCUT2D eigenvalue weighted by Gasteiger charge is -2.06. The zero-order chi connectivity index (χ0) is 14.1. The highest BCUT2D eigenvalue weighted by molar-refractivity contribution is 6.34. The van der Waals surface area contributed by atoms with Gasteiger partial charge < -0.3 is 19.4 Å². The molecule has 0 bridgehead atoms. The highest BCUT2D eigenvalue weighted by Gasteiger charge is 2.01. The van der Waals surface area contributed by atoms with E-state index in [0.29, 0.717) is 19.6 Å². The molecule has 0 amide bonds. The first kappa shape index (κ1) is 14.8. The number of rotatable bonds is 8. The first-order valence-corrected chi connectivity index (χ1v) is 5.80. The summed E-state index contributed by atoms with van der Waals surface area (Å²) < 4.78 is 10.5. The number of carboxylic acid groups (broad SMARTS) is 1. The molecule has 0 unspecified atom stereocenters. The van der Waals surface area contributed by atoms with Gasteiger partial charge in [0, 0.05) is 6.42 Å². The second kappa shape index (κ2) is 7.97. The number of aliphatic carboxylic acids is 1. The van der Waals surface area contributed by atoms with Gasteiger partial charge in [-0.2, -0.15) is 0 Å². The summed E-state index contributed by atoms with van der Waals surface area (Å²) in [7, 11) is 1.60. The quantitative estimate of drug-likeness (QED) is 0.442. The van der Waals surface area contributed by atoms with Gasteiger partial charge in [0.05, 0.1) is 13.7 Å². The lowest BCUT2D eigenvalue weighted by molar-refractivity contribution is -0.129. The van der Waals surface area contributed by atoms with Crippen LogP contribution in [0.3, 0.4) is 0 Å². The maximum Gasteiger partial charge on any atom is 0.353 e. The molecular formula is C13H17NO5. The van der Waals surface area contributed by atoms with E-state index in [9.17, 15) is 4.79 Å². The molecule has 0 aliphatic heterocycles. The lowest BCUT2D eigenvalue weighted by Crippen LogP contribution is -2.09. The Hall–Kier alpha value is -2.24. The van der Waals surface area contributed by atoms with E-state index in [-0.39, 0.29) is 5.71 Å². The molecule has 0 heterocycles. The van der Waals surface area contributed by atoms with Gasteiger partial charge in [0.25, 0.3) is 0 Å². The average Bonchev–Trinajstić information content (AvgIpc) is 2.42. The number of hydrogen-bond donors (Lipinski definition) is 1. The van der Waals surface area contributed by atoms with Crippen LogP contribution in [-0.2, 0) is 9.63 Å². The highest BCUT2D eigenvalue weighted by Crippen LogP contribution is 2.16. The maximum atomic E-state index is 10.4. The molecule has 1 N–H and O–H groups in total. The number of ether oxygens (including phenoxy) is 2. The van der Waals surface area contributed by atoms with Gasteiger partial charge in [0.1, 0.15) is 18.1 Å². The predicted molar refractivity (Wildman–Crippen MR) is 69.8 cm³/mol. The summed E-state index contributed by atoms with van der Waals surface area (Å²) in [5.74, 6) is 0.426. The van der Waals surface area contributed by atoms with Crippen LogP contribution in [0.4, 0.5) is 0 Å². The Balaban J connectivity index is 2.17. The third-order valence-electron chi connectivity index (χ3n) is 2.22. The summed E-state index contributed by atoms with van der Waals surface area (Å²) in [6.07, 6.45) is 0.614. The van der Waals surface area contributed by atoms with E-state index in [1.807, 2.05) is 24.3 Å². The Morgan fingerprint density at radius 1 is 1.21 bits per heavy atom. The molecule has 6 nitrogen and oxygen atoms in total. The standard InChI is InChI=1S/C13H17NO5/c1-10(13(15)16)14-19-9-3-8-18-12-6-4-11(17-2)5-7-12/h4-7H,3,8-9H2,1-2H3,(H,15,16)/b14-10-. The lowest BCUT2D eigenvalue weighted by atomic mass is 10.3. The van der Waals surface area contributed by atoms with E-state index in [1.165, 1.54) is 6.92 Å². The number of hydrogen-bond acceptors (Lipinski definition) is 5. The summed E-state index contributed by atoms with van der Waals surface area (Å²) in [5, 5.41) is 12.0. The molecule has 0 saturated carbocycles. The minimum absolute atomic E-state index is 0.0731. The average molecular weight is 267 g/mol. The Bertz CT molecular complexity index is 427. The maximum absolute atomic E-state index is 10.4. The van der Waals surface area contributed by atoms with Gasteiger partial charge in [-0.05, 0) is 31.2 Å². The SMILES string of the molecule is COc1ccc(OCCCO/N=C(/C)C(=O)O)cc1. The Morgan fingerprint density at radius 2 is 1.84 bits per heavy atom. The van der Waals surface area contributed by atoms with Gasteiger partial charge in [0.15, 0.2) is 5.71 Å². The Labute approximate surface area is 111 Å². The minimum atomic E-state index is -1.09. The largest absolute Gasteiger partial charge is 0.497 e. The van der Waals surface area contributed by atoms with E-state index in [2.05, 4.69) is 5.16 Å². The van der Waals surface area contributed by atoms with Crippen molar-refractivity contribution in [3.05, 3.63) is 24.3 Å². The van der Waals surface area contributed by atoms with Crippen LogP contribution < -0.4 is 9.47 Å². The summed E-state index contributed by atoms with van der Waals surface area (Å²) in [5.41, 5.74) is -0.0731.